The van der Waals surface area contributed by atoms with Gasteiger partial charge in [0.25, 0.3) is 0 Å². The second-order valence-corrected chi connectivity index (χ2v) is 5.13. The highest BCUT2D eigenvalue weighted by molar-refractivity contribution is 5.08. The van der Waals surface area contributed by atoms with E-state index in [9.17, 15) is 0 Å². The first kappa shape index (κ1) is 13.2. The molecular weight excluding hydrogens is 254 g/mol. The monoisotopic (exact) mass is 273 g/mol. The summed E-state index contributed by atoms with van der Waals surface area (Å²) in [4.78, 5) is 8.96. The predicted octanol–water partition coefficient (Wildman–Crippen LogP) is 1.09. The van der Waals surface area contributed by atoms with Crippen LogP contribution >= 0.6 is 0 Å². The zero-order valence-corrected chi connectivity index (χ0v) is 11.7. The molecule has 1 aliphatic rings. The summed E-state index contributed by atoms with van der Waals surface area (Å²) in [5.41, 5.74) is 1.27. The first-order valence-electron chi connectivity index (χ1n) is 6.92. The number of hydrogen-bond acceptors (Lipinski definition) is 6. The largest absolute Gasteiger partial charge is 0.424 e. The molecule has 0 radical (unpaired) electrons. The molecule has 0 unspecified atom stereocenters. The van der Waals surface area contributed by atoms with E-state index in [-0.39, 0.29) is 0 Å². The van der Waals surface area contributed by atoms with Gasteiger partial charge in [0.2, 0.25) is 11.8 Å². The van der Waals surface area contributed by atoms with Gasteiger partial charge in [0.15, 0.2) is 0 Å². The van der Waals surface area contributed by atoms with Crippen molar-refractivity contribution < 1.29 is 4.42 Å². The minimum Gasteiger partial charge on any atom is -0.424 e. The Bertz CT molecular complexity index is 534. The number of aromatic nitrogens is 3. The van der Waals surface area contributed by atoms with E-state index in [0.29, 0.717) is 11.8 Å². The van der Waals surface area contributed by atoms with Crippen LogP contribution in [0.1, 0.15) is 17.3 Å². The summed E-state index contributed by atoms with van der Waals surface area (Å²) in [6.45, 7) is 7.72. The molecule has 1 fully saturated rings. The second-order valence-electron chi connectivity index (χ2n) is 5.13. The molecule has 0 spiro atoms. The molecule has 0 atom stereocenters. The van der Waals surface area contributed by atoms with Crippen molar-refractivity contribution in [3.8, 4) is 0 Å². The van der Waals surface area contributed by atoms with Gasteiger partial charge in [-0.05, 0) is 11.6 Å². The molecule has 0 aliphatic carbocycles. The third kappa shape index (κ3) is 3.40. The summed E-state index contributed by atoms with van der Waals surface area (Å²) in [6.07, 6.45) is 3.75. The standard InChI is InChI=1S/C14H19N5O/c1-12-16-17-14(20-12)11-19-7-5-18(6-8-19)10-13-3-2-4-15-9-13/h2-4,9H,5-8,10-11H2,1H3. The third-order valence-corrected chi connectivity index (χ3v) is 3.52. The molecule has 2 aromatic heterocycles. The molecule has 1 saturated heterocycles. The van der Waals surface area contributed by atoms with Crippen molar-refractivity contribution in [2.75, 3.05) is 26.2 Å². The Labute approximate surface area is 118 Å². The van der Waals surface area contributed by atoms with Gasteiger partial charge in [-0.1, -0.05) is 6.07 Å². The van der Waals surface area contributed by atoms with Crippen LogP contribution in [0.15, 0.2) is 28.9 Å². The summed E-state index contributed by atoms with van der Waals surface area (Å²) in [5, 5.41) is 7.91. The van der Waals surface area contributed by atoms with Crippen LogP contribution in [-0.2, 0) is 13.1 Å². The van der Waals surface area contributed by atoms with Crippen LogP contribution in [0.25, 0.3) is 0 Å². The second kappa shape index (κ2) is 6.11. The van der Waals surface area contributed by atoms with Gasteiger partial charge in [-0.2, -0.15) is 0 Å². The number of rotatable bonds is 4. The van der Waals surface area contributed by atoms with E-state index in [1.165, 1.54) is 5.56 Å². The lowest BCUT2D eigenvalue weighted by Crippen LogP contribution is -2.45. The number of aryl methyl sites for hydroxylation is 1. The quantitative estimate of drug-likeness (QED) is 0.831. The van der Waals surface area contributed by atoms with Gasteiger partial charge in [-0.3, -0.25) is 14.8 Å². The van der Waals surface area contributed by atoms with E-state index >= 15 is 0 Å². The van der Waals surface area contributed by atoms with E-state index in [0.717, 1.165) is 39.3 Å². The Hall–Kier alpha value is -1.79. The molecule has 2 aromatic rings. The topological polar surface area (TPSA) is 58.3 Å². The summed E-state index contributed by atoms with van der Waals surface area (Å²) in [7, 11) is 0. The highest BCUT2D eigenvalue weighted by Gasteiger charge is 2.18. The normalized spacial score (nSPS) is 17.4. The molecule has 0 N–H and O–H groups in total. The van der Waals surface area contributed by atoms with Crippen LogP contribution in [0.2, 0.25) is 0 Å². The van der Waals surface area contributed by atoms with E-state index in [1.54, 1.807) is 0 Å². The van der Waals surface area contributed by atoms with E-state index < -0.39 is 0 Å². The molecule has 3 rings (SSSR count). The van der Waals surface area contributed by atoms with Crippen LogP contribution in [-0.4, -0.2) is 51.2 Å². The first-order chi connectivity index (χ1) is 9.79. The smallest absolute Gasteiger partial charge is 0.230 e. The summed E-state index contributed by atoms with van der Waals surface area (Å²) >= 11 is 0. The third-order valence-electron chi connectivity index (χ3n) is 3.52. The molecule has 0 saturated carbocycles. The van der Waals surface area contributed by atoms with Crippen molar-refractivity contribution in [1.82, 2.24) is 25.0 Å². The minimum atomic E-state index is 0.634. The number of piperazine rings is 1. The summed E-state index contributed by atoms with van der Waals surface area (Å²) in [5.74, 6) is 1.35. The van der Waals surface area contributed by atoms with Crippen molar-refractivity contribution in [1.29, 1.82) is 0 Å². The molecule has 0 aromatic carbocycles. The van der Waals surface area contributed by atoms with Gasteiger partial charge >= 0.3 is 0 Å². The Morgan fingerprint density at radius 2 is 1.85 bits per heavy atom. The fourth-order valence-electron chi connectivity index (χ4n) is 2.45. The van der Waals surface area contributed by atoms with Crippen molar-refractivity contribution in [3.05, 3.63) is 41.9 Å². The predicted molar refractivity (Wildman–Crippen MR) is 73.8 cm³/mol. The number of pyridine rings is 1. The number of hydrogen-bond donors (Lipinski definition) is 0. The van der Waals surface area contributed by atoms with Gasteiger partial charge in [-0.25, -0.2) is 0 Å². The molecule has 106 valence electrons. The minimum absolute atomic E-state index is 0.634. The van der Waals surface area contributed by atoms with Crippen molar-refractivity contribution >= 4 is 0 Å². The Morgan fingerprint density at radius 3 is 2.45 bits per heavy atom. The average Bonchev–Trinajstić information content (AvgIpc) is 2.88. The zero-order chi connectivity index (χ0) is 13.8. The van der Waals surface area contributed by atoms with Gasteiger partial charge < -0.3 is 4.42 Å². The molecule has 0 bridgehead atoms. The molecule has 0 amide bonds. The fraction of sp³-hybridized carbons (Fsp3) is 0.500. The lowest BCUT2D eigenvalue weighted by atomic mass is 10.2. The lowest BCUT2D eigenvalue weighted by molar-refractivity contribution is 0.114. The summed E-state index contributed by atoms with van der Waals surface area (Å²) in [6, 6.07) is 4.12. The van der Waals surface area contributed by atoms with E-state index in [2.05, 4.69) is 31.0 Å². The van der Waals surface area contributed by atoms with E-state index in [1.807, 2.05) is 25.4 Å². The molecule has 20 heavy (non-hydrogen) atoms. The first-order valence-corrected chi connectivity index (χ1v) is 6.92. The van der Waals surface area contributed by atoms with Crippen molar-refractivity contribution in [2.24, 2.45) is 0 Å². The van der Waals surface area contributed by atoms with Crippen LogP contribution < -0.4 is 0 Å². The van der Waals surface area contributed by atoms with Crippen molar-refractivity contribution in [3.63, 3.8) is 0 Å². The van der Waals surface area contributed by atoms with Crippen LogP contribution in [0, 0.1) is 6.92 Å². The number of nitrogens with zero attached hydrogens (tertiary/aromatic N) is 5. The highest BCUT2D eigenvalue weighted by Crippen LogP contribution is 2.10. The molecule has 6 nitrogen and oxygen atoms in total. The van der Waals surface area contributed by atoms with E-state index in [4.69, 9.17) is 4.42 Å². The molecule has 6 heteroatoms. The van der Waals surface area contributed by atoms with Crippen molar-refractivity contribution in [2.45, 2.75) is 20.0 Å². The maximum absolute atomic E-state index is 5.42. The average molecular weight is 273 g/mol. The highest BCUT2D eigenvalue weighted by atomic mass is 16.4. The molecule has 1 aliphatic heterocycles. The van der Waals surface area contributed by atoms with Gasteiger partial charge in [0, 0.05) is 52.0 Å². The van der Waals surface area contributed by atoms with Crippen LogP contribution in [0.3, 0.4) is 0 Å². The van der Waals surface area contributed by atoms with Gasteiger partial charge in [-0.15, -0.1) is 10.2 Å². The fourth-order valence-corrected chi connectivity index (χ4v) is 2.45. The maximum Gasteiger partial charge on any atom is 0.230 e. The molecule has 3 heterocycles. The van der Waals surface area contributed by atoms with Gasteiger partial charge in [0.05, 0.1) is 6.54 Å². The Morgan fingerprint density at radius 1 is 1.10 bits per heavy atom. The van der Waals surface area contributed by atoms with Crippen LogP contribution in [0.4, 0.5) is 0 Å². The Balaban J connectivity index is 1.47. The lowest BCUT2D eigenvalue weighted by Gasteiger charge is -2.33. The summed E-state index contributed by atoms with van der Waals surface area (Å²) < 4.78 is 5.42. The maximum atomic E-state index is 5.42. The Kier molecular flexibility index (Phi) is 4.03. The van der Waals surface area contributed by atoms with Crippen LogP contribution in [0.5, 0.6) is 0 Å². The zero-order valence-electron chi connectivity index (χ0n) is 11.7. The molecular formula is C14H19N5O. The SMILES string of the molecule is Cc1nnc(CN2CCN(Cc3cccnc3)CC2)o1. The van der Waals surface area contributed by atoms with Gasteiger partial charge in [0.1, 0.15) is 0 Å².